The summed E-state index contributed by atoms with van der Waals surface area (Å²) in [6.45, 7) is 6.24. The van der Waals surface area contributed by atoms with Crippen molar-refractivity contribution in [3.63, 3.8) is 0 Å². The maximum atomic E-state index is 11.6. The van der Waals surface area contributed by atoms with Crippen LogP contribution in [-0.4, -0.2) is 24.4 Å². The molecule has 0 aromatic rings. The van der Waals surface area contributed by atoms with E-state index in [-0.39, 0.29) is 6.61 Å². The molecule has 0 amide bonds. The fourth-order valence-electron chi connectivity index (χ4n) is 2.93. The molecule has 164 valence electrons. The Labute approximate surface area is 166 Å². The van der Waals surface area contributed by atoms with Gasteiger partial charge in [0, 0.05) is 6.61 Å². The highest BCUT2D eigenvalue weighted by molar-refractivity contribution is 7.47. The van der Waals surface area contributed by atoms with Crippen molar-refractivity contribution >= 4 is 7.82 Å². The number of phosphoric acid groups is 1. The van der Waals surface area contributed by atoms with Crippen LogP contribution in [-0.2, 0) is 23.4 Å². The minimum absolute atomic E-state index is 0.287. The van der Waals surface area contributed by atoms with Gasteiger partial charge in [-0.1, -0.05) is 90.4 Å². The lowest BCUT2D eigenvalue weighted by Crippen LogP contribution is -2.12. The molecule has 0 bridgehead atoms. The minimum atomic E-state index is -4.21. The van der Waals surface area contributed by atoms with Gasteiger partial charge >= 0.3 is 7.82 Å². The molecule has 0 fully saturated rings. The lowest BCUT2D eigenvalue weighted by molar-refractivity contribution is -0.233. The smallest absolute Gasteiger partial charge is 0.353 e. The van der Waals surface area contributed by atoms with E-state index in [0.717, 1.165) is 19.3 Å². The van der Waals surface area contributed by atoms with Gasteiger partial charge in [-0.15, -0.1) is 4.67 Å². The summed E-state index contributed by atoms with van der Waals surface area (Å²) in [4.78, 5) is 14.2. The summed E-state index contributed by atoms with van der Waals surface area (Å²) in [5.41, 5.74) is 0. The molecule has 0 heterocycles. The Kier molecular flexibility index (Phi) is 19.4. The van der Waals surface area contributed by atoms with Crippen LogP contribution in [0.1, 0.15) is 111 Å². The molecule has 0 saturated heterocycles. The summed E-state index contributed by atoms with van der Waals surface area (Å²) in [5.74, 6) is 0. The topological polar surface area (TPSA) is 74.2 Å². The van der Waals surface area contributed by atoms with Crippen molar-refractivity contribution in [1.82, 2.24) is 0 Å². The highest BCUT2D eigenvalue weighted by atomic mass is 31.2. The molecule has 0 radical (unpaired) electrons. The standard InChI is InChI=1S/C20H43O6P/c1-4-6-7-8-9-10-11-12-13-14-15-16-17-18-19-24-26-27(21,22)25-20(3)23-5-2/h20H,4-19H2,1-3H3,(H,21,22). The maximum absolute atomic E-state index is 11.6. The van der Waals surface area contributed by atoms with Gasteiger partial charge < -0.3 is 9.63 Å². The summed E-state index contributed by atoms with van der Waals surface area (Å²) in [5, 5.41) is 0. The molecule has 0 spiro atoms. The van der Waals surface area contributed by atoms with Crippen LogP contribution in [0.2, 0.25) is 0 Å². The van der Waals surface area contributed by atoms with E-state index in [1.807, 2.05) is 0 Å². The zero-order valence-electron chi connectivity index (χ0n) is 17.8. The second kappa shape index (κ2) is 19.4. The number of phosphoric ester groups is 1. The highest BCUT2D eigenvalue weighted by Gasteiger charge is 2.26. The number of hydrogen-bond acceptors (Lipinski definition) is 5. The predicted molar refractivity (Wildman–Crippen MR) is 109 cm³/mol. The number of rotatable bonds is 21. The molecule has 0 rings (SSSR count). The van der Waals surface area contributed by atoms with E-state index < -0.39 is 14.1 Å². The lowest BCUT2D eigenvalue weighted by Gasteiger charge is -2.16. The third kappa shape index (κ3) is 20.6. The van der Waals surface area contributed by atoms with E-state index >= 15 is 0 Å². The summed E-state index contributed by atoms with van der Waals surface area (Å²) < 4.78 is 25.8. The van der Waals surface area contributed by atoms with Gasteiger partial charge in [-0.2, -0.15) is 0 Å². The molecule has 2 atom stereocenters. The molecule has 0 aliphatic carbocycles. The van der Waals surface area contributed by atoms with Crippen LogP contribution in [0.3, 0.4) is 0 Å². The number of unbranched alkanes of at least 4 members (excludes halogenated alkanes) is 13. The monoisotopic (exact) mass is 410 g/mol. The first-order valence-corrected chi connectivity index (χ1v) is 12.5. The maximum Gasteiger partial charge on any atom is 0.501 e. The zero-order valence-corrected chi connectivity index (χ0v) is 18.7. The van der Waals surface area contributed by atoms with Gasteiger partial charge in [0.05, 0.1) is 6.61 Å². The van der Waals surface area contributed by atoms with Crippen molar-refractivity contribution < 1.29 is 28.3 Å². The molecule has 6 nitrogen and oxygen atoms in total. The first-order valence-electron chi connectivity index (χ1n) is 11.0. The molecule has 0 aromatic heterocycles. The van der Waals surface area contributed by atoms with Gasteiger partial charge in [0.25, 0.3) is 0 Å². The van der Waals surface area contributed by atoms with Crippen molar-refractivity contribution in [2.24, 2.45) is 0 Å². The molecule has 0 aromatic carbocycles. The third-order valence-electron chi connectivity index (χ3n) is 4.41. The second-order valence-corrected chi connectivity index (χ2v) is 8.39. The van der Waals surface area contributed by atoms with Gasteiger partial charge in [0.1, 0.15) is 0 Å². The molecule has 1 N–H and O–H groups in total. The molecule has 0 saturated carbocycles. The Morgan fingerprint density at radius 2 is 1.22 bits per heavy atom. The Balaban J connectivity index is 3.28. The van der Waals surface area contributed by atoms with Crippen LogP contribution in [0, 0.1) is 0 Å². The van der Waals surface area contributed by atoms with Gasteiger partial charge in [-0.3, -0.25) is 4.52 Å². The fraction of sp³-hybridized carbons (Fsp3) is 1.00. The second-order valence-electron chi connectivity index (χ2n) is 7.09. The largest absolute Gasteiger partial charge is 0.501 e. The van der Waals surface area contributed by atoms with Crippen molar-refractivity contribution in [3.8, 4) is 0 Å². The van der Waals surface area contributed by atoms with Gasteiger partial charge in [-0.05, 0) is 20.3 Å². The Morgan fingerprint density at radius 3 is 1.67 bits per heavy atom. The average molecular weight is 411 g/mol. The summed E-state index contributed by atoms with van der Waals surface area (Å²) in [6.07, 6.45) is 17.1. The Hall–Kier alpha value is 0.0300. The Bertz CT molecular complexity index is 353. The first-order chi connectivity index (χ1) is 13.0. The predicted octanol–water partition coefficient (Wildman–Crippen LogP) is 6.92. The summed E-state index contributed by atoms with van der Waals surface area (Å²) >= 11 is 0. The normalized spacial score (nSPS) is 15.0. The molecule has 27 heavy (non-hydrogen) atoms. The van der Waals surface area contributed by atoms with Crippen LogP contribution >= 0.6 is 7.82 Å². The van der Waals surface area contributed by atoms with E-state index in [1.165, 1.54) is 77.6 Å². The molecular weight excluding hydrogens is 367 g/mol. The SMILES string of the molecule is CCCCCCCCCCCCCCCCOOP(=O)(O)OC(C)OCC. The van der Waals surface area contributed by atoms with Gasteiger partial charge in [0.15, 0.2) is 6.29 Å². The van der Waals surface area contributed by atoms with Crippen molar-refractivity contribution in [2.45, 2.75) is 117 Å². The molecule has 0 aliphatic heterocycles. The summed E-state index contributed by atoms with van der Waals surface area (Å²) in [7, 11) is -4.21. The van der Waals surface area contributed by atoms with E-state index in [4.69, 9.17) is 14.1 Å². The Morgan fingerprint density at radius 1 is 0.778 bits per heavy atom. The van der Waals surface area contributed by atoms with Crippen LogP contribution in [0.5, 0.6) is 0 Å². The molecule has 2 unspecified atom stereocenters. The van der Waals surface area contributed by atoms with Gasteiger partial charge in [0.2, 0.25) is 0 Å². The van der Waals surface area contributed by atoms with Crippen LogP contribution < -0.4 is 0 Å². The van der Waals surface area contributed by atoms with Crippen LogP contribution in [0.4, 0.5) is 0 Å². The van der Waals surface area contributed by atoms with Crippen molar-refractivity contribution in [1.29, 1.82) is 0 Å². The summed E-state index contributed by atoms with van der Waals surface area (Å²) in [6, 6.07) is 0. The van der Waals surface area contributed by atoms with E-state index in [0.29, 0.717) is 6.61 Å². The van der Waals surface area contributed by atoms with E-state index in [1.54, 1.807) is 6.92 Å². The minimum Gasteiger partial charge on any atom is -0.353 e. The quantitative estimate of drug-likeness (QED) is 0.0728. The molecule has 0 aliphatic rings. The lowest BCUT2D eigenvalue weighted by atomic mass is 10.0. The highest BCUT2D eigenvalue weighted by Crippen LogP contribution is 2.44. The van der Waals surface area contributed by atoms with Gasteiger partial charge in [-0.25, -0.2) is 9.45 Å². The average Bonchev–Trinajstić information content (AvgIpc) is 2.61. The third-order valence-corrected chi connectivity index (χ3v) is 5.27. The van der Waals surface area contributed by atoms with Crippen molar-refractivity contribution in [2.75, 3.05) is 13.2 Å². The number of ether oxygens (including phenoxy) is 1. The number of hydrogen-bond donors (Lipinski definition) is 1. The molecular formula is C20H43O6P. The van der Waals surface area contributed by atoms with Crippen LogP contribution in [0.25, 0.3) is 0 Å². The van der Waals surface area contributed by atoms with Crippen molar-refractivity contribution in [3.05, 3.63) is 0 Å². The van der Waals surface area contributed by atoms with Crippen LogP contribution in [0.15, 0.2) is 0 Å². The fourth-order valence-corrected chi connectivity index (χ4v) is 3.61. The van der Waals surface area contributed by atoms with E-state index in [9.17, 15) is 9.46 Å². The first kappa shape index (κ1) is 27.0. The zero-order chi connectivity index (χ0) is 20.2. The van der Waals surface area contributed by atoms with E-state index in [2.05, 4.69) is 11.6 Å². The molecule has 7 heteroatoms.